The van der Waals surface area contributed by atoms with Gasteiger partial charge in [0.15, 0.2) is 0 Å². The van der Waals surface area contributed by atoms with Gasteiger partial charge in [0.2, 0.25) is 0 Å². The Kier molecular flexibility index (Phi) is 3.66. The number of aryl methyl sites for hydroxylation is 1. The molecule has 1 heterocycles. The summed E-state index contributed by atoms with van der Waals surface area (Å²) in [5.41, 5.74) is 6.86. The van der Waals surface area contributed by atoms with Gasteiger partial charge in [-0.15, -0.1) is 0 Å². The fourth-order valence-electron chi connectivity index (χ4n) is 2.53. The number of likely N-dealkylation sites (tertiary alicyclic amines) is 1. The van der Waals surface area contributed by atoms with Crippen molar-refractivity contribution in [1.29, 1.82) is 0 Å². The second kappa shape index (κ2) is 5.06. The van der Waals surface area contributed by atoms with Crippen LogP contribution in [0.25, 0.3) is 0 Å². The topological polar surface area (TPSA) is 46.3 Å². The number of nitrogens with zero attached hydrogens (tertiary/aromatic N) is 1. The van der Waals surface area contributed by atoms with Gasteiger partial charge >= 0.3 is 0 Å². The minimum Gasteiger partial charge on any atom is -0.337 e. The number of carbonyl (C=O) groups excluding carboxylic acids is 1. The lowest BCUT2D eigenvalue weighted by molar-refractivity contribution is 0.0656. The Bertz CT molecular complexity index is 451. The maximum atomic E-state index is 13.8. The highest BCUT2D eigenvalue weighted by Gasteiger charge is 2.27. The first-order valence-corrected chi connectivity index (χ1v) is 6.28. The number of rotatable bonds is 1. The highest BCUT2D eigenvalue weighted by molar-refractivity contribution is 5.94. The minimum absolute atomic E-state index is 0.00814. The Labute approximate surface area is 107 Å². The first-order valence-electron chi connectivity index (χ1n) is 6.28. The van der Waals surface area contributed by atoms with Crippen molar-refractivity contribution < 1.29 is 9.18 Å². The van der Waals surface area contributed by atoms with E-state index < -0.39 is 5.82 Å². The van der Waals surface area contributed by atoms with E-state index in [0.29, 0.717) is 19.0 Å². The molecule has 0 aliphatic carbocycles. The standard InChI is InChI=1S/C14H19FN2O/c1-9-3-4-12(13(15)6-9)14(18)17-7-10(2)5-11(16)8-17/h3-4,6,10-11H,5,7-8,16H2,1-2H3. The van der Waals surface area contributed by atoms with Crippen molar-refractivity contribution in [2.24, 2.45) is 11.7 Å². The van der Waals surface area contributed by atoms with E-state index in [1.165, 1.54) is 6.07 Å². The molecule has 1 aliphatic heterocycles. The first-order chi connectivity index (χ1) is 8.47. The Hall–Kier alpha value is -1.42. The van der Waals surface area contributed by atoms with Gasteiger partial charge in [-0.05, 0) is 37.0 Å². The molecule has 3 nitrogen and oxygen atoms in total. The van der Waals surface area contributed by atoms with Crippen LogP contribution in [0, 0.1) is 18.7 Å². The van der Waals surface area contributed by atoms with Crippen LogP contribution in [-0.4, -0.2) is 29.9 Å². The summed E-state index contributed by atoms with van der Waals surface area (Å²) < 4.78 is 13.8. The predicted molar refractivity (Wildman–Crippen MR) is 68.8 cm³/mol. The molecule has 1 fully saturated rings. The molecule has 18 heavy (non-hydrogen) atoms. The molecule has 0 aromatic heterocycles. The van der Waals surface area contributed by atoms with Crippen molar-refractivity contribution in [1.82, 2.24) is 4.90 Å². The summed E-state index contributed by atoms with van der Waals surface area (Å²) in [6.07, 6.45) is 0.917. The molecule has 2 atom stereocenters. The average Bonchev–Trinajstić information content (AvgIpc) is 2.26. The lowest BCUT2D eigenvalue weighted by Crippen LogP contribution is -2.49. The molecule has 98 valence electrons. The Morgan fingerprint density at radius 3 is 2.78 bits per heavy atom. The van der Waals surface area contributed by atoms with Gasteiger partial charge in [0.25, 0.3) is 5.91 Å². The summed E-state index contributed by atoms with van der Waals surface area (Å²) >= 11 is 0. The smallest absolute Gasteiger partial charge is 0.256 e. The molecule has 0 radical (unpaired) electrons. The van der Waals surface area contributed by atoms with E-state index in [9.17, 15) is 9.18 Å². The maximum absolute atomic E-state index is 13.8. The van der Waals surface area contributed by atoms with Crippen LogP contribution >= 0.6 is 0 Å². The summed E-state index contributed by atoms with van der Waals surface area (Å²) in [5.74, 6) is -0.340. The van der Waals surface area contributed by atoms with Gasteiger partial charge in [-0.1, -0.05) is 13.0 Å². The quantitative estimate of drug-likeness (QED) is 0.828. The lowest BCUT2D eigenvalue weighted by atomic mass is 9.96. The fourth-order valence-corrected chi connectivity index (χ4v) is 2.53. The van der Waals surface area contributed by atoms with Crippen LogP contribution < -0.4 is 5.73 Å². The molecule has 0 saturated carbocycles. The van der Waals surface area contributed by atoms with Crippen LogP contribution in [0.15, 0.2) is 18.2 Å². The highest BCUT2D eigenvalue weighted by atomic mass is 19.1. The van der Waals surface area contributed by atoms with Crippen LogP contribution in [0.3, 0.4) is 0 Å². The molecule has 2 rings (SSSR count). The third kappa shape index (κ3) is 2.70. The van der Waals surface area contributed by atoms with Crippen molar-refractivity contribution in [2.75, 3.05) is 13.1 Å². The Morgan fingerprint density at radius 1 is 1.44 bits per heavy atom. The third-order valence-corrected chi connectivity index (χ3v) is 3.33. The number of amides is 1. The van der Waals surface area contributed by atoms with E-state index >= 15 is 0 Å². The van der Waals surface area contributed by atoms with Crippen molar-refractivity contribution >= 4 is 5.91 Å². The van der Waals surface area contributed by atoms with E-state index in [1.54, 1.807) is 24.0 Å². The van der Waals surface area contributed by atoms with Crippen LogP contribution in [0.1, 0.15) is 29.3 Å². The van der Waals surface area contributed by atoms with Crippen LogP contribution in [0.4, 0.5) is 4.39 Å². The Morgan fingerprint density at radius 2 is 2.17 bits per heavy atom. The number of hydrogen-bond donors (Lipinski definition) is 1. The second-order valence-electron chi connectivity index (χ2n) is 5.29. The summed E-state index contributed by atoms with van der Waals surface area (Å²) in [6.45, 7) is 5.03. The molecule has 0 bridgehead atoms. The van der Waals surface area contributed by atoms with Crippen molar-refractivity contribution in [2.45, 2.75) is 26.3 Å². The van der Waals surface area contributed by atoms with E-state index in [1.807, 2.05) is 0 Å². The van der Waals surface area contributed by atoms with Gasteiger partial charge in [-0.2, -0.15) is 0 Å². The van der Waals surface area contributed by atoms with Gasteiger partial charge < -0.3 is 10.6 Å². The summed E-state index contributed by atoms with van der Waals surface area (Å²) in [7, 11) is 0. The Balaban J connectivity index is 2.20. The van der Waals surface area contributed by atoms with Gasteiger partial charge in [0.05, 0.1) is 5.56 Å². The van der Waals surface area contributed by atoms with Gasteiger partial charge in [0, 0.05) is 19.1 Å². The van der Waals surface area contributed by atoms with E-state index in [4.69, 9.17) is 5.73 Å². The number of halogens is 1. The molecule has 2 N–H and O–H groups in total. The summed E-state index contributed by atoms with van der Waals surface area (Å²) in [5, 5.41) is 0. The zero-order valence-electron chi connectivity index (χ0n) is 10.8. The molecular weight excluding hydrogens is 231 g/mol. The molecule has 1 aromatic rings. The monoisotopic (exact) mass is 250 g/mol. The highest BCUT2D eigenvalue weighted by Crippen LogP contribution is 2.19. The molecular formula is C14H19FN2O. The number of hydrogen-bond acceptors (Lipinski definition) is 2. The largest absolute Gasteiger partial charge is 0.337 e. The summed E-state index contributed by atoms with van der Waals surface area (Å²) in [4.78, 5) is 13.9. The average molecular weight is 250 g/mol. The van der Waals surface area contributed by atoms with Crippen molar-refractivity contribution in [3.8, 4) is 0 Å². The molecule has 1 saturated heterocycles. The van der Waals surface area contributed by atoms with Crippen LogP contribution in [-0.2, 0) is 0 Å². The first kappa shape index (κ1) is 13.0. The zero-order chi connectivity index (χ0) is 13.3. The van der Waals surface area contributed by atoms with Crippen molar-refractivity contribution in [3.05, 3.63) is 35.1 Å². The fraction of sp³-hybridized carbons (Fsp3) is 0.500. The molecule has 1 aliphatic rings. The number of carbonyl (C=O) groups is 1. The number of nitrogens with two attached hydrogens (primary N) is 1. The van der Waals surface area contributed by atoms with Gasteiger partial charge in [0.1, 0.15) is 5.82 Å². The number of piperidine rings is 1. The molecule has 1 amide bonds. The lowest BCUT2D eigenvalue weighted by Gasteiger charge is -2.34. The van der Waals surface area contributed by atoms with Crippen LogP contribution in [0.2, 0.25) is 0 Å². The number of benzene rings is 1. The third-order valence-electron chi connectivity index (χ3n) is 3.33. The van der Waals surface area contributed by atoms with E-state index in [2.05, 4.69) is 6.92 Å². The molecule has 2 unspecified atom stereocenters. The van der Waals surface area contributed by atoms with Gasteiger partial charge in [-0.25, -0.2) is 4.39 Å². The van der Waals surface area contributed by atoms with E-state index in [-0.39, 0.29) is 17.5 Å². The molecule has 1 aromatic carbocycles. The molecule has 4 heteroatoms. The normalized spacial score (nSPS) is 24.1. The van der Waals surface area contributed by atoms with Gasteiger partial charge in [-0.3, -0.25) is 4.79 Å². The zero-order valence-corrected chi connectivity index (χ0v) is 10.8. The minimum atomic E-state index is -0.452. The molecule has 0 spiro atoms. The van der Waals surface area contributed by atoms with E-state index in [0.717, 1.165) is 12.0 Å². The predicted octanol–water partition coefficient (Wildman–Crippen LogP) is 1.94. The van der Waals surface area contributed by atoms with Crippen molar-refractivity contribution in [3.63, 3.8) is 0 Å². The summed E-state index contributed by atoms with van der Waals surface area (Å²) in [6, 6.07) is 4.69. The second-order valence-corrected chi connectivity index (χ2v) is 5.29. The SMILES string of the molecule is Cc1ccc(C(=O)N2CC(C)CC(N)C2)c(F)c1. The van der Waals surface area contributed by atoms with Crippen LogP contribution in [0.5, 0.6) is 0 Å². The maximum Gasteiger partial charge on any atom is 0.256 e.